The van der Waals surface area contributed by atoms with Gasteiger partial charge < -0.3 is 15.6 Å². The summed E-state index contributed by atoms with van der Waals surface area (Å²) in [6.07, 6.45) is 3.78. The van der Waals surface area contributed by atoms with Gasteiger partial charge in [-0.25, -0.2) is 0 Å². The van der Waals surface area contributed by atoms with E-state index in [1.54, 1.807) is 18.2 Å². The third kappa shape index (κ3) is 4.19. The van der Waals surface area contributed by atoms with Crippen LogP contribution >= 0.6 is 0 Å². The summed E-state index contributed by atoms with van der Waals surface area (Å²) >= 11 is 0. The van der Waals surface area contributed by atoms with Crippen molar-refractivity contribution in [3.63, 3.8) is 0 Å². The summed E-state index contributed by atoms with van der Waals surface area (Å²) in [4.78, 5) is 13.4. The van der Waals surface area contributed by atoms with Crippen LogP contribution in [0.3, 0.4) is 0 Å². The van der Waals surface area contributed by atoms with Gasteiger partial charge in [0, 0.05) is 18.2 Å². The first-order valence-electron chi connectivity index (χ1n) is 7.53. The Kier molecular flexibility index (Phi) is 5.59. The van der Waals surface area contributed by atoms with E-state index < -0.39 is 12.0 Å². The topological polar surface area (TPSA) is 75.8 Å². The minimum atomic E-state index is -1.05. The maximum Gasteiger partial charge on any atom is 0.325 e. The van der Waals surface area contributed by atoms with Gasteiger partial charge in [0.1, 0.15) is 18.4 Å². The summed E-state index contributed by atoms with van der Waals surface area (Å²) < 4.78 is 5.77. The molecule has 1 heterocycles. The lowest BCUT2D eigenvalue weighted by Gasteiger charge is -2.33. The molecule has 1 unspecified atom stereocenters. The fraction of sp³-hybridized carbons (Fsp3) is 0.562. The van der Waals surface area contributed by atoms with Gasteiger partial charge in [0.25, 0.3) is 0 Å². The molecule has 0 amide bonds. The van der Waals surface area contributed by atoms with E-state index in [4.69, 9.17) is 15.6 Å². The SMILES string of the molecule is CC1CCCCN1CCOc1ccccc1[C@H](N)C(=O)O. The predicted molar refractivity (Wildman–Crippen MR) is 81.4 cm³/mol. The molecular formula is C16H24N2O3. The summed E-state index contributed by atoms with van der Waals surface area (Å²) in [6.45, 7) is 4.76. The quantitative estimate of drug-likeness (QED) is 0.839. The van der Waals surface area contributed by atoms with Crippen molar-refractivity contribution in [3.05, 3.63) is 29.8 Å². The Morgan fingerprint density at radius 1 is 1.48 bits per heavy atom. The monoisotopic (exact) mass is 292 g/mol. The third-order valence-electron chi connectivity index (χ3n) is 4.10. The Bertz CT molecular complexity index is 478. The molecular weight excluding hydrogens is 268 g/mol. The number of carbonyl (C=O) groups is 1. The second kappa shape index (κ2) is 7.43. The summed E-state index contributed by atoms with van der Waals surface area (Å²) in [5.74, 6) is -0.479. The second-order valence-electron chi connectivity index (χ2n) is 5.58. The smallest absolute Gasteiger partial charge is 0.325 e. The lowest BCUT2D eigenvalue weighted by molar-refractivity contribution is -0.138. The molecule has 21 heavy (non-hydrogen) atoms. The molecule has 1 aliphatic heterocycles. The first-order valence-corrected chi connectivity index (χ1v) is 7.53. The molecule has 3 N–H and O–H groups in total. The molecule has 0 spiro atoms. The van der Waals surface area contributed by atoms with Crippen molar-refractivity contribution < 1.29 is 14.6 Å². The number of nitrogens with two attached hydrogens (primary N) is 1. The van der Waals surface area contributed by atoms with Gasteiger partial charge in [-0.3, -0.25) is 9.69 Å². The molecule has 0 bridgehead atoms. The van der Waals surface area contributed by atoms with Gasteiger partial charge in [-0.05, 0) is 32.4 Å². The lowest BCUT2D eigenvalue weighted by Crippen LogP contribution is -2.40. The standard InChI is InChI=1S/C16H24N2O3/c1-12-6-4-5-9-18(12)10-11-21-14-8-3-2-7-13(14)15(17)16(19)20/h2-3,7-8,12,15H,4-6,9-11,17H2,1H3,(H,19,20)/t12?,15-/m0/s1. The van der Waals surface area contributed by atoms with Crippen LogP contribution in [-0.4, -0.2) is 41.7 Å². The van der Waals surface area contributed by atoms with Gasteiger partial charge >= 0.3 is 5.97 Å². The molecule has 1 saturated heterocycles. The largest absolute Gasteiger partial charge is 0.492 e. The average Bonchev–Trinajstić information content (AvgIpc) is 2.49. The molecule has 0 aromatic heterocycles. The number of para-hydroxylation sites is 1. The van der Waals surface area contributed by atoms with Crippen LogP contribution in [0.25, 0.3) is 0 Å². The van der Waals surface area contributed by atoms with E-state index >= 15 is 0 Å². The van der Waals surface area contributed by atoms with Gasteiger partial charge in [0.05, 0.1) is 0 Å². The molecule has 2 rings (SSSR count). The molecule has 1 aromatic rings. The van der Waals surface area contributed by atoms with Crippen LogP contribution in [0.1, 0.15) is 37.8 Å². The van der Waals surface area contributed by atoms with Crippen molar-refractivity contribution in [2.75, 3.05) is 19.7 Å². The van der Waals surface area contributed by atoms with Gasteiger partial charge in [-0.15, -0.1) is 0 Å². The molecule has 1 aromatic carbocycles. The van der Waals surface area contributed by atoms with Gasteiger partial charge in [-0.2, -0.15) is 0 Å². The molecule has 0 aliphatic carbocycles. The molecule has 1 aliphatic rings. The maximum absolute atomic E-state index is 11.0. The predicted octanol–water partition coefficient (Wildman–Crippen LogP) is 2.02. The van der Waals surface area contributed by atoms with Crippen molar-refractivity contribution in [1.29, 1.82) is 0 Å². The number of hydrogen-bond donors (Lipinski definition) is 2. The minimum Gasteiger partial charge on any atom is -0.492 e. The Morgan fingerprint density at radius 3 is 2.95 bits per heavy atom. The van der Waals surface area contributed by atoms with Crippen LogP contribution in [-0.2, 0) is 4.79 Å². The normalized spacial score (nSPS) is 21.0. The highest BCUT2D eigenvalue weighted by Gasteiger charge is 2.20. The molecule has 0 radical (unpaired) electrons. The second-order valence-corrected chi connectivity index (χ2v) is 5.58. The fourth-order valence-electron chi connectivity index (χ4n) is 2.76. The Balaban J connectivity index is 1.92. The molecule has 5 nitrogen and oxygen atoms in total. The molecule has 116 valence electrons. The van der Waals surface area contributed by atoms with Crippen molar-refractivity contribution >= 4 is 5.97 Å². The van der Waals surface area contributed by atoms with E-state index in [1.165, 1.54) is 19.3 Å². The number of likely N-dealkylation sites (tertiary alicyclic amines) is 1. The molecule has 2 atom stereocenters. The highest BCUT2D eigenvalue weighted by Crippen LogP contribution is 2.24. The lowest BCUT2D eigenvalue weighted by atomic mass is 10.0. The molecule has 0 saturated carbocycles. The van der Waals surface area contributed by atoms with E-state index in [-0.39, 0.29) is 0 Å². The van der Waals surface area contributed by atoms with Crippen LogP contribution in [0.5, 0.6) is 5.75 Å². The van der Waals surface area contributed by atoms with Crippen molar-refractivity contribution in [2.24, 2.45) is 5.73 Å². The van der Waals surface area contributed by atoms with Crippen LogP contribution in [0.4, 0.5) is 0 Å². The number of nitrogens with zero attached hydrogens (tertiary/aromatic N) is 1. The summed E-state index contributed by atoms with van der Waals surface area (Å²) in [5.41, 5.74) is 6.21. The first kappa shape index (κ1) is 15.8. The van der Waals surface area contributed by atoms with Crippen molar-refractivity contribution in [3.8, 4) is 5.75 Å². The zero-order valence-electron chi connectivity index (χ0n) is 12.5. The summed E-state index contributed by atoms with van der Waals surface area (Å²) in [7, 11) is 0. The average molecular weight is 292 g/mol. The maximum atomic E-state index is 11.0. The van der Waals surface area contributed by atoms with Crippen molar-refractivity contribution in [2.45, 2.75) is 38.3 Å². The Labute approximate surface area is 125 Å². The van der Waals surface area contributed by atoms with Crippen LogP contribution < -0.4 is 10.5 Å². The van der Waals surface area contributed by atoms with Crippen molar-refractivity contribution in [1.82, 2.24) is 4.90 Å². The number of rotatable bonds is 6. The van der Waals surface area contributed by atoms with E-state index in [1.807, 2.05) is 6.07 Å². The number of carboxylic acid groups (broad SMARTS) is 1. The van der Waals surface area contributed by atoms with Gasteiger partial charge in [-0.1, -0.05) is 24.6 Å². The third-order valence-corrected chi connectivity index (χ3v) is 4.10. The fourth-order valence-corrected chi connectivity index (χ4v) is 2.76. The summed E-state index contributed by atoms with van der Waals surface area (Å²) in [5, 5.41) is 9.04. The number of piperidine rings is 1. The van der Waals surface area contributed by atoms with Gasteiger partial charge in [0.2, 0.25) is 0 Å². The van der Waals surface area contributed by atoms with E-state index in [9.17, 15) is 4.79 Å². The highest BCUT2D eigenvalue weighted by atomic mass is 16.5. The number of ether oxygens (including phenoxy) is 1. The van der Waals surface area contributed by atoms with Crippen LogP contribution in [0.15, 0.2) is 24.3 Å². The zero-order valence-corrected chi connectivity index (χ0v) is 12.5. The Hall–Kier alpha value is -1.59. The van der Waals surface area contributed by atoms with Crippen LogP contribution in [0, 0.1) is 0 Å². The van der Waals surface area contributed by atoms with Gasteiger partial charge in [0.15, 0.2) is 0 Å². The number of benzene rings is 1. The van der Waals surface area contributed by atoms with Crippen LogP contribution in [0.2, 0.25) is 0 Å². The van der Waals surface area contributed by atoms with E-state index in [0.29, 0.717) is 24.0 Å². The zero-order chi connectivity index (χ0) is 15.2. The highest BCUT2D eigenvalue weighted by molar-refractivity contribution is 5.76. The number of hydrogen-bond acceptors (Lipinski definition) is 4. The van der Waals surface area contributed by atoms with E-state index in [0.717, 1.165) is 13.1 Å². The first-order chi connectivity index (χ1) is 10.1. The number of aliphatic carboxylic acids is 1. The summed E-state index contributed by atoms with van der Waals surface area (Å²) in [6, 6.07) is 6.64. The number of carboxylic acids is 1. The molecule has 1 fully saturated rings. The molecule has 5 heteroatoms. The minimum absolute atomic E-state index is 0.525. The Morgan fingerprint density at radius 2 is 2.24 bits per heavy atom. The van der Waals surface area contributed by atoms with E-state index in [2.05, 4.69) is 11.8 Å².